The highest BCUT2D eigenvalue weighted by Gasteiger charge is 2.23. The lowest BCUT2D eigenvalue weighted by Gasteiger charge is -2.14. The lowest BCUT2D eigenvalue weighted by molar-refractivity contribution is -0.141. The summed E-state index contributed by atoms with van der Waals surface area (Å²) in [7, 11) is 1.85. The van der Waals surface area contributed by atoms with Gasteiger partial charge < -0.3 is 5.11 Å². The Labute approximate surface area is 132 Å². The van der Waals surface area contributed by atoms with Crippen molar-refractivity contribution in [3.05, 3.63) is 51.3 Å². The molecule has 1 heterocycles. The standard InChI is InChI=1S/C16H19BrN2O2/c1-10-6-4-5-7-12(10)8-13(16(20)21)9-14-15(17)11(2)18-19(14)3/h4-7,13H,8-9H2,1-3H3,(H,20,21). The fraction of sp³-hybridized carbons (Fsp3) is 0.375. The Kier molecular flexibility index (Phi) is 4.83. The van der Waals surface area contributed by atoms with Crippen LogP contribution in [0.1, 0.15) is 22.5 Å². The van der Waals surface area contributed by atoms with Gasteiger partial charge in [0.2, 0.25) is 0 Å². The smallest absolute Gasteiger partial charge is 0.307 e. The molecule has 1 atom stereocenters. The number of hydrogen-bond donors (Lipinski definition) is 1. The molecule has 112 valence electrons. The van der Waals surface area contributed by atoms with Crippen molar-refractivity contribution in [2.24, 2.45) is 13.0 Å². The van der Waals surface area contributed by atoms with Gasteiger partial charge in [-0.25, -0.2) is 0 Å². The van der Waals surface area contributed by atoms with Gasteiger partial charge in [0, 0.05) is 13.5 Å². The average molecular weight is 351 g/mol. The van der Waals surface area contributed by atoms with Crippen LogP contribution in [-0.2, 0) is 24.7 Å². The van der Waals surface area contributed by atoms with Crippen LogP contribution in [0.15, 0.2) is 28.7 Å². The SMILES string of the molecule is Cc1ccccc1CC(Cc1c(Br)c(C)nn1C)C(=O)O. The average Bonchev–Trinajstić information content (AvgIpc) is 2.66. The second-order valence-corrected chi connectivity index (χ2v) is 6.13. The molecule has 0 fully saturated rings. The summed E-state index contributed by atoms with van der Waals surface area (Å²) in [5.41, 5.74) is 4.02. The molecule has 0 aliphatic carbocycles. The number of aromatic nitrogens is 2. The molecule has 5 heteroatoms. The van der Waals surface area contributed by atoms with Crippen molar-refractivity contribution < 1.29 is 9.90 Å². The minimum absolute atomic E-state index is 0.460. The maximum absolute atomic E-state index is 11.6. The van der Waals surface area contributed by atoms with Crippen LogP contribution in [0.2, 0.25) is 0 Å². The van der Waals surface area contributed by atoms with Crippen molar-refractivity contribution in [2.75, 3.05) is 0 Å². The van der Waals surface area contributed by atoms with Crippen LogP contribution in [0.3, 0.4) is 0 Å². The van der Waals surface area contributed by atoms with Crippen molar-refractivity contribution in [3.63, 3.8) is 0 Å². The zero-order valence-corrected chi connectivity index (χ0v) is 14.0. The monoisotopic (exact) mass is 350 g/mol. The maximum Gasteiger partial charge on any atom is 0.307 e. The molecule has 0 radical (unpaired) electrons. The summed E-state index contributed by atoms with van der Waals surface area (Å²) in [6, 6.07) is 7.92. The Morgan fingerprint density at radius 1 is 1.33 bits per heavy atom. The minimum atomic E-state index is -0.774. The molecule has 1 unspecified atom stereocenters. The number of benzene rings is 1. The fourth-order valence-corrected chi connectivity index (χ4v) is 2.98. The van der Waals surface area contributed by atoms with E-state index in [4.69, 9.17) is 0 Å². The summed E-state index contributed by atoms with van der Waals surface area (Å²) in [6.07, 6.45) is 0.986. The quantitative estimate of drug-likeness (QED) is 0.899. The van der Waals surface area contributed by atoms with E-state index in [9.17, 15) is 9.90 Å². The summed E-state index contributed by atoms with van der Waals surface area (Å²) < 4.78 is 2.66. The number of halogens is 1. The van der Waals surface area contributed by atoms with Crippen LogP contribution in [0.25, 0.3) is 0 Å². The van der Waals surface area contributed by atoms with E-state index in [2.05, 4.69) is 21.0 Å². The highest BCUT2D eigenvalue weighted by molar-refractivity contribution is 9.10. The third kappa shape index (κ3) is 3.53. The Balaban J connectivity index is 2.24. The Bertz CT molecular complexity index is 664. The van der Waals surface area contributed by atoms with E-state index in [1.165, 1.54) is 0 Å². The number of nitrogens with zero attached hydrogens (tertiary/aromatic N) is 2. The first kappa shape index (κ1) is 15.8. The van der Waals surface area contributed by atoms with Gasteiger partial charge in [0.25, 0.3) is 0 Å². The predicted octanol–water partition coefficient (Wildman–Crippen LogP) is 3.29. The minimum Gasteiger partial charge on any atom is -0.481 e. The van der Waals surface area contributed by atoms with Crippen molar-refractivity contribution in [2.45, 2.75) is 26.7 Å². The third-order valence-corrected chi connectivity index (χ3v) is 4.81. The first-order valence-electron chi connectivity index (χ1n) is 6.85. The largest absolute Gasteiger partial charge is 0.481 e. The number of aryl methyl sites for hydroxylation is 3. The van der Waals surface area contributed by atoms with Crippen LogP contribution >= 0.6 is 15.9 Å². The van der Waals surface area contributed by atoms with Crippen molar-refractivity contribution in [1.29, 1.82) is 0 Å². The molecule has 0 saturated heterocycles. The number of carboxylic acid groups (broad SMARTS) is 1. The molecule has 0 saturated carbocycles. The molecule has 21 heavy (non-hydrogen) atoms. The maximum atomic E-state index is 11.6. The van der Waals surface area contributed by atoms with E-state index in [0.717, 1.165) is 27.0 Å². The normalized spacial score (nSPS) is 12.4. The fourth-order valence-electron chi connectivity index (χ4n) is 2.49. The van der Waals surface area contributed by atoms with Gasteiger partial charge in [-0.2, -0.15) is 5.10 Å². The number of carboxylic acids is 1. The molecular formula is C16H19BrN2O2. The zero-order valence-electron chi connectivity index (χ0n) is 12.4. The van der Waals surface area contributed by atoms with E-state index in [0.29, 0.717) is 12.8 Å². The highest BCUT2D eigenvalue weighted by atomic mass is 79.9. The molecule has 4 nitrogen and oxygen atoms in total. The van der Waals surface area contributed by atoms with Crippen LogP contribution < -0.4 is 0 Å². The first-order valence-corrected chi connectivity index (χ1v) is 7.64. The summed E-state index contributed by atoms with van der Waals surface area (Å²) >= 11 is 3.50. The molecular weight excluding hydrogens is 332 g/mol. The molecule has 1 aromatic heterocycles. The van der Waals surface area contributed by atoms with Gasteiger partial charge in [-0.1, -0.05) is 24.3 Å². The van der Waals surface area contributed by atoms with E-state index in [1.54, 1.807) is 4.68 Å². The first-order chi connectivity index (χ1) is 9.90. The van der Waals surface area contributed by atoms with Gasteiger partial charge in [0.05, 0.1) is 21.8 Å². The summed E-state index contributed by atoms with van der Waals surface area (Å²) in [4.78, 5) is 11.6. The number of carbonyl (C=O) groups is 1. The highest BCUT2D eigenvalue weighted by Crippen LogP contribution is 2.25. The van der Waals surface area contributed by atoms with Gasteiger partial charge in [-0.3, -0.25) is 9.48 Å². The predicted molar refractivity (Wildman–Crippen MR) is 85.4 cm³/mol. The van der Waals surface area contributed by atoms with E-state index >= 15 is 0 Å². The Morgan fingerprint density at radius 2 is 2.00 bits per heavy atom. The molecule has 0 aliphatic heterocycles. The van der Waals surface area contributed by atoms with E-state index in [-0.39, 0.29) is 0 Å². The molecule has 2 aromatic rings. The van der Waals surface area contributed by atoms with Crippen LogP contribution in [-0.4, -0.2) is 20.9 Å². The number of hydrogen-bond acceptors (Lipinski definition) is 2. The Morgan fingerprint density at radius 3 is 2.52 bits per heavy atom. The van der Waals surface area contributed by atoms with Crippen LogP contribution in [0.4, 0.5) is 0 Å². The van der Waals surface area contributed by atoms with Crippen LogP contribution in [0, 0.1) is 19.8 Å². The number of aliphatic carboxylic acids is 1. The topological polar surface area (TPSA) is 55.1 Å². The van der Waals surface area contributed by atoms with Crippen molar-refractivity contribution in [3.8, 4) is 0 Å². The lowest BCUT2D eigenvalue weighted by atomic mass is 9.92. The van der Waals surface area contributed by atoms with E-state index in [1.807, 2.05) is 45.2 Å². The van der Waals surface area contributed by atoms with Gasteiger partial charge >= 0.3 is 5.97 Å². The van der Waals surface area contributed by atoms with Crippen LogP contribution in [0.5, 0.6) is 0 Å². The third-order valence-electron chi connectivity index (χ3n) is 3.78. The van der Waals surface area contributed by atoms with E-state index < -0.39 is 11.9 Å². The molecule has 0 aliphatic rings. The Hall–Kier alpha value is -1.62. The van der Waals surface area contributed by atoms with Gasteiger partial charge in [-0.15, -0.1) is 0 Å². The van der Waals surface area contributed by atoms with Gasteiger partial charge in [0.1, 0.15) is 0 Å². The summed E-state index contributed by atoms with van der Waals surface area (Å²) in [5, 5.41) is 13.9. The molecule has 1 aromatic carbocycles. The molecule has 0 bridgehead atoms. The molecule has 0 spiro atoms. The molecule has 2 rings (SSSR count). The summed E-state index contributed by atoms with van der Waals surface area (Å²) in [5.74, 6) is -1.23. The van der Waals surface area contributed by atoms with Gasteiger partial charge in [0.15, 0.2) is 0 Å². The number of rotatable bonds is 5. The van der Waals surface area contributed by atoms with Gasteiger partial charge in [-0.05, 0) is 47.3 Å². The zero-order chi connectivity index (χ0) is 15.6. The van der Waals surface area contributed by atoms with Crippen molar-refractivity contribution in [1.82, 2.24) is 9.78 Å². The molecule has 0 amide bonds. The van der Waals surface area contributed by atoms with Crippen molar-refractivity contribution >= 4 is 21.9 Å². The lowest BCUT2D eigenvalue weighted by Crippen LogP contribution is -2.21. The second-order valence-electron chi connectivity index (χ2n) is 5.34. The second kappa shape index (κ2) is 6.43. The molecule has 1 N–H and O–H groups in total. The summed E-state index contributed by atoms with van der Waals surface area (Å²) in [6.45, 7) is 3.92.